The Balaban J connectivity index is 1.42. The summed E-state index contributed by atoms with van der Waals surface area (Å²) in [5.41, 5.74) is -1.01. The number of ether oxygens (including phenoxy) is 2. The number of aromatic nitrogens is 1. The lowest BCUT2D eigenvalue weighted by Gasteiger charge is -2.40. The number of piperazine rings is 2. The number of carbonyl (C=O) groups excluding carboxylic acids is 2. The van der Waals surface area contributed by atoms with E-state index in [1.807, 2.05) is 20.8 Å². The molecule has 4 aliphatic heterocycles. The van der Waals surface area contributed by atoms with Gasteiger partial charge in [0.05, 0.1) is 11.6 Å². The number of rotatable bonds is 3. The Morgan fingerprint density at radius 3 is 2.48 bits per heavy atom. The molecule has 2 atom stereocenters. The summed E-state index contributed by atoms with van der Waals surface area (Å²) in [6.07, 6.45) is 0.385. The summed E-state index contributed by atoms with van der Waals surface area (Å²) in [4.78, 5) is 42.6. The fourth-order valence-electron chi connectivity index (χ4n) is 7.06. The third-order valence-electron chi connectivity index (χ3n) is 9.50. The van der Waals surface area contributed by atoms with Gasteiger partial charge in [-0.15, -0.1) is 0 Å². The molecular weight excluding hydrogens is 615 g/mol. The van der Waals surface area contributed by atoms with E-state index in [1.54, 1.807) is 9.80 Å². The molecule has 46 heavy (non-hydrogen) atoms. The highest BCUT2D eigenvalue weighted by Crippen LogP contribution is 2.48. The van der Waals surface area contributed by atoms with Crippen molar-refractivity contribution >= 4 is 29.4 Å². The average molecular weight is 659 g/mol. The van der Waals surface area contributed by atoms with Crippen LogP contribution in [0.2, 0.25) is 5.02 Å². The van der Waals surface area contributed by atoms with E-state index in [0.717, 1.165) is 32.6 Å². The third kappa shape index (κ3) is 6.06. The number of anilines is 1. The molecule has 11 nitrogen and oxygen atoms in total. The molecule has 0 radical (unpaired) electrons. The standard InChI is InChI=1S/C33H44ClFN6O5/c1-32(2,3)46-31(44)39-14-15-40-21(17-39)19-45-28-25(30(40)43)29(36-27(26(28)34)24-22(35)8-7-9-23(24)42)41-18-20(16-33(41,4)5)38-12-10-37(6)11-13-38/h7-9,20-21,42H,10-19H2,1-6H3/t20?,21-/m1/s1. The van der Waals surface area contributed by atoms with Crippen LogP contribution < -0.4 is 9.64 Å². The van der Waals surface area contributed by atoms with Gasteiger partial charge in [0.25, 0.3) is 5.91 Å². The van der Waals surface area contributed by atoms with Crippen molar-refractivity contribution in [1.29, 1.82) is 0 Å². The van der Waals surface area contributed by atoms with Crippen molar-refractivity contribution in [2.24, 2.45) is 0 Å². The molecule has 0 saturated carbocycles. The number of fused-ring (bicyclic) bond motifs is 2. The van der Waals surface area contributed by atoms with Crippen LogP contribution in [-0.4, -0.2) is 131 Å². The lowest BCUT2D eigenvalue weighted by Crippen LogP contribution is -2.58. The number of likely N-dealkylation sites (N-methyl/N-ethyl adjacent to an activating group) is 1. The summed E-state index contributed by atoms with van der Waals surface area (Å²) in [5.74, 6) is -0.873. The Bertz CT molecular complexity index is 1500. The van der Waals surface area contributed by atoms with Crippen LogP contribution in [0.4, 0.5) is 15.0 Å². The van der Waals surface area contributed by atoms with Crippen LogP contribution in [0.5, 0.6) is 11.5 Å². The molecular formula is C33H44ClFN6O5. The molecule has 13 heteroatoms. The van der Waals surface area contributed by atoms with Gasteiger partial charge in [0.1, 0.15) is 45.9 Å². The first-order valence-corrected chi connectivity index (χ1v) is 16.4. The number of benzene rings is 1. The molecule has 2 aromatic rings. The van der Waals surface area contributed by atoms with Gasteiger partial charge in [-0.05, 0) is 60.2 Å². The second-order valence-corrected chi connectivity index (χ2v) is 14.8. The zero-order valence-electron chi connectivity index (χ0n) is 27.5. The van der Waals surface area contributed by atoms with E-state index in [0.29, 0.717) is 18.9 Å². The predicted molar refractivity (Wildman–Crippen MR) is 173 cm³/mol. The van der Waals surface area contributed by atoms with E-state index in [-0.39, 0.29) is 65.0 Å². The molecule has 1 aromatic carbocycles. The number of phenols is 1. The number of aromatic hydroxyl groups is 1. The van der Waals surface area contributed by atoms with E-state index in [1.165, 1.54) is 18.2 Å². The molecule has 4 aliphatic rings. The SMILES string of the molecule is CN1CCN(C2CN(c3nc(-c4c(O)cccc4F)c(Cl)c4c3C(=O)N3CCN(C(=O)OC(C)(C)C)C[C@@H]3CO4)C(C)(C)C2)CC1. The van der Waals surface area contributed by atoms with Crippen LogP contribution in [0.3, 0.4) is 0 Å². The first-order chi connectivity index (χ1) is 21.6. The number of nitrogens with zero attached hydrogens (tertiary/aromatic N) is 6. The quantitative estimate of drug-likeness (QED) is 0.517. The van der Waals surface area contributed by atoms with Crippen LogP contribution in [0, 0.1) is 5.82 Å². The zero-order chi connectivity index (χ0) is 33.1. The Morgan fingerprint density at radius 1 is 1.09 bits per heavy atom. The largest absolute Gasteiger partial charge is 0.507 e. The predicted octanol–water partition coefficient (Wildman–Crippen LogP) is 4.31. The first kappa shape index (κ1) is 32.6. The summed E-state index contributed by atoms with van der Waals surface area (Å²) in [6.45, 7) is 15.0. The smallest absolute Gasteiger partial charge is 0.410 e. The van der Waals surface area contributed by atoms with E-state index < -0.39 is 29.1 Å². The van der Waals surface area contributed by atoms with Gasteiger partial charge in [-0.1, -0.05) is 17.7 Å². The van der Waals surface area contributed by atoms with Crippen LogP contribution >= 0.6 is 11.6 Å². The summed E-state index contributed by atoms with van der Waals surface area (Å²) in [7, 11) is 2.13. The molecule has 2 amide bonds. The van der Waals surface area contributed by atoms with Crippen molar-refractivity contribution < 1.29 is 28.6 Å². The van der Waals surface area contributed by atoms with Gasteiger partial charge < -0.3 is 34.2 Å². The van der Waals surface area contributed by atoms with Crippen molar-refractivity contribution in [2.45, 2.75) is 64.3 Å². The van der Waals surface area contributed by atoms with Gasteiger partial charge in [-0.2, -0.15) is 0 Å². The minimum atomic E-state index is -0.693. The van der Waals surface area contributed by atoms with Gasteiger partial charge in [0, 0.05) is 63.9 Å². The number of halogens is 2. The lowest BCUT2D eigenvalue weighted by atomic mass is 9.98. The summed E-state index contributed by atoms with van der Waals surface area (Å²) >= 11 is 6.95. The summed E-state index contributed by atoms with van der Waals surface area (Å²) < 4.78 is 27.3. The Labute approximate surface area is 274 Å². The molecule has 1 unspecified atom stereocenters. The highest BCUT2D eigenvalue weighted by Gasteiger charge is 2.47. The molecule has 250 valence electrons. The highest BCUT2D eigenvalue weighted by atomic mass is 35.5. The highest BCUT2D eigenvalue weighted by molar-refractivity contribution is 6.35. The molecule has 6 rings (SSSR count). The van der Waals surface area contributed by atoms with Gasteiger partial charge >= 0.3 is 6.09 Å². The van der Waals surface area contributed by atoms with Gasteiger partial charge in [-0.3, -0.25) is 9.69 Å². The van der Waals surface area contributed by atoms with Crippen LogP contribution in [0.15, 0.2) is 18.2 Å². The number of hydrogen-bond acceptors (Lipinski definition) is 9. The van der Waals surface area contributed by atoms with E-state index in [4.69, 9.17) is 26.1 Å². The monoisotopic (exact) mass is 658 g/mol. The second kappa shape index (κ2) is 12.0. The fourth-order valence-corrected chi connectivity index (χ4v) is 7.35. The van der Waals surface area contributed by atoms with Crippen molar-refractivity contribution in [3.63, 3.8) is 0 Å². The molecule has 3 saturated heterocycles. The molecule has 1 N–H and O–H groups in total. The number of amides is 2. The normalized spacial score (nSPS) is 23.9. The topological polar surface area (TPSA) is 102 Å². The van der Waals surface area contributed by atoms with Gasteiger partial charge in [0.2, 0.25) is 0 Å². The maximum absolute atomic E-state index is 15.3. The Kier molecular flexibility index (Phi) is 8.52. The van der Waals surface area contributed by atoms with Crippen molar-refractivity contribution in [1.82, 2.24) is 24.6 Å². The van der Waals surface area contributed by atoms with Crippen LogP contribution in [-0.2, 0) is 4.74 Å². The van der Waals surface area contributed by atoms with E-state index in [2.05, 4.69) is 35.6 Å². The number of hydrogen-bond donors (Lipinski definition) is 1. The Hall–Kier alpha value is -3.35. The first-order valence-electron chi connectivity index (χ1n) is 16.0. The summed E-state index contributed by atoms with van der Waals surface area (Å²) in [6, 6.07) is 3.77. The minimum absolute atomic E-state index is 0.00733. The van der Waals surface area contributed by atoms with Crippen molar-refractivity contribution in [3.05, 3.63) is 34.6 Å². The van der Waals surface area contributed by atoms with E-state index in [9.17, 15) is 14.7 Å². The number of phenolic OH excluding ortho intramolecular Hbond substituents is 1. The molecule has 5 heterocycles. The molecule has 0 spiro atoms. The van der Waals surface area contributed by atoms with Crippen molar-refractivity contribution in [2.75, 3.05) is 70.9 Å². The molecule has 1 aromatic heterocycles. The number of carbonyl (C=O) groups is 2. The van der Waals surface area contributed by atoms with Gasteiger partial charge in [0.15, 0.2) is 5.75 Å². The Morgan fingerprint density at radius 2 is 1.80 bits per heavy atom. The van der Waals surface area contributed by atoms with Crippen LogP contribution in [0.1, 0.15) is 51.4 Å². The molecule has 0 aliphatic carbocycles. The molecule has 3 fully saturated rings. The minimum Gasteiger partial charge on any atom is -0.507 e. The maximum atomic E-state index is 15.3. The van der Waals surface area contributed by atoms with E-state index >= 15 is 4.39 Å². The van der Waals surface area contributed by atoms with Crippen molar-refractivity contribution in [3.8, 4) is 22.8 Å². The maximum Gasteiger partial charge on any atom is 0.410 e. The molecule has 0 bridgehead atoms. The second-order valence-electron chi connectivity index (χ2n) is 14.4. The lowest BCUT2D eigenvalue weighted by molar-refractivity contribution is 0.000952. The van der Waals surface area contributed by atoms with Gasteiger partial charge in [-0.25, -0.2) is 14.2 Å². The van der Waals surface area contributed by atoms with Crippen LogP contribution in [0.25, 0.3) is 11.3 Å². The fraction of sp³-hybridized carbons (Fsp3) is 0.606. The third-order valence-corrected chi connectivity index (χ3v) is 9.85. The number of pyridine rings is 1. The summed E-state index contributed by atoms with van der Waals surface area (Å²) in [5, 5.41) is 10.7. The average Bonchev–Trinajstić information content (AvgIpc) is 3.22. The zero-order valence-corrected chi connectivity index (χ0v) is 28.2.